The third-order valence-electron chi connectivity index (χ3n) is 5.54. The Kier molecular flexibility index (Phi) is 6.56. The van der Waals surface area contributed by atoms with Crippen LogP contribution in [0.3, 0.4) is 0 Å². The van der Waals surface area contributed by atoms with Crippen LogP contribution >= 0.6 is 0 Å². The lowest BCUT2D eigenvalue weighted by atomic mass is 9.81. The van der Waals surface area contributed by atoms with E-state index < -0.39 is 5.41 Å². The lowest BCUT2D eigenvalue weighted by molar-refractivity contribution is -0.127. The summed E-state index contributed by atoms with van der Waals surface area (Å²) in [5.41, 5.74) is 5.13. The average molecular weight is 424 g/mol. The lowest BCUT2D eigenvalue weighted by Gasteiger charge is -2.25. The number of nitrogens with one attached hydrogen (secondary N) is 3. The van der Waals surface area contributed by atoms with E-state index in [0.717, 1.165) is 21.9 Å². The van der Waals surface area contributed by atoms with E-state index in [-0.39, 0.29) is 14.7 Å². The molecule has 0 saturated carbocycles. The number of rotatable bonds is 6. The fourth-order valence-corrected chi connectivity index (χ4v) is 3.43. The molecule has 0 saturated heterocycles. The molecule has 1 aliphatic rings. The fraction of sp³-hybridized carbons (Fsp3) is 0.292. The first-order valence-corrected chi connectivity index (χ1v) is 10.2. The van der Waals surface area contributed by atoms with Gasteiger partial charge < -0.3 is 15.6 Å². The molecule has 0 spiro atoms. The molecule has 0 radical (unpaired) electrons. The predicted molar refractivity (Wildman–Crippen MR) is 129 cm³/mol. The van der Waals surface area contributed by atoms with Gasteiger partial charge in [-0.2, -0.15) is 0 Å². The summed E-state index contributed by atoms with van der Waals surface area (Å²) in [6.07, 6.45) is 9.49. The molecule has 0 bridgehead atoms. The largest absolute Gasteiger partial charge is 0.358 e. The zero-order chi connectivity index (χ0) is 22.6. The molecule has 7 nitrogen and oxygen atoms in total. The highest BCUT2D eigenvalue weighted by molar-refractivity contribution is 6.06. The molecule has 166 valence electrons. The monoisotopic (exact) mass is 423 g/mol. The van der Waals surface area contributed by atoms with Crippen molar-refractivity contribution in [1.82, 2.24) is 20.7 Å². The van der Waals surface area contributed by atoms with Gasteiger partial charge in [0.05, 0.1) is 5.41 Å². The number of amides is 2. The van der Waals surface area contributed by atoms with E-state index in [9.17, 15) is 9.59 Å². The van der Waals surface area contributed by atoms with E-state index in [2.05, 4.69) is 33.2 Å². The number of allylic oxidation sites excluding steroid dienone is 2. The number of nitrogens with zero attached hydrogens (tertiary/aromatic N) is 2. The Bertz CT molecular complexity index is 1110. The van der Waals surface area contributed by atoms with Crippen LogP contribution in [0.2, 0.25) is 0 Å². The van der Waals surface area contributed by atoms with Crippen LogP contribution in [-0.4, -0.2) is 43.0 Å². The molecule has 3 N–H and O–H groups in total. The molecule has 1 atom stereocenters. The van der Waals surface area contributed by atoms with Crippen LogP contribution in [-0.2, 0) is 9.59 Å². The van der Waals surface area contributed by atoms with Gasteiger partial charge in [-0.05, 0) is 48.9 Å². The van der Waals surface area contributed by atoms with Crippen molar-refractivity contribution in [3.63, 3.8) is 0 Å². The topological polar surface area (TPSA) is 86.4 Å². The molecule has 2 amide bonds. The van der Waals surface area contributed by atoms with Crippen molar-refractivity contribution in [1.29, 1.82) is 0 Å². The highest BCUT2D eigenvalue weighted by Gasteiger charge is 2.31. The first-order chi connectivity index (χ1) is 14.8. The fourth-order valence-electron chi connectivity index (χ4n) is 3.43. The Morgan fingerprint density at radius 3 is 2.65 bits per heavy atom. The summed E-state index contributed by atoms with van der Waals surface area (Å²) in [4.78, 5) is 29.1. The zero-order valence-corrected chi connectivity index (χ0v) is 18.6. The maximum Gasteiger partial charge on any atom is 0.256 e. The molecule has 31 heavy (non-hydrogen) atoms. The summed E-state index contributed by atoms with van der Waals surface area (Å²) in [6.45, 7) is 3.90. The standard InChI is InChI=1S/C24H29N5O2.2H2/c1-16(15-29(5)26-4)18-6-7-19-14-27-21(13-20(19)12-18)28-22(30)17-8-10-24(2,11-9-17)23(31)25-3;;/h6-10,12-15,26H,11H2,1-5H3,(H,25,31)(H,27,28,30);2*1H/b16-15+;;. The molecule has 7 heteroatoms. The number of hydrogen-bond acceptors (Lipinski definition) is 5. The number of carbonyl (C=O) groups excluding carboxylic acids is 2. The number of aromatic nitrogens is 1. The Hall–Kier alpha value is -3.45. The number of hydrogen-bond donors (Lipinski definition) is 3. The molecule has 1 aliphatic carbocycles. The minimum Gasteiger partial charge on any atom is -0.358 e. The third kappa shape index (κ3) is 5.00. The van der Waals surface area contributed by atoms with Crippen molar-refractivity contribution in [2.75, 3.05) is 26.5 Å². The summed E-state index contributed by atoms with van der Waals surface area (Å²) >= 11 is 0. The Labute approximate surface area is 185 Å². The second-order valence-corrected chi connectivity index (χ2v) is 7.93. The zero-order valence-electron chi connectivity index (χ0n) is 18.6. The average Bonchev–Trinajstić information content (AvgIpc) is 2.78. The van der Waals surface area contributed by atoms with Crippen LogP contribution in [0.25, 0.3) is 16.3 Å². The van der Waals surface area contributed by atoms with Gasteiger partial charge in [-0.1, -0.05) is 30.4 Å². The maximum atomic E-state index is 12.7. The van der Waals surface area contributed by atoms with E-state index in [1.807, 2.05) is 51.3 Å². The van der Waals surface area contributed by atoms with Gasteiger partial charge in [-0.25, -0.2) is 10.4 Å². The van der Waals surface area contributed by atoms with Gasteiger partial charge >= 0.3 is 0 Å². The van der Waals surface area contributed by atoms with Crippen LogP contribution in [0, 0.1) is 5.41 Å². The number of pyridine rings is 1. The molecule has 1 aromatic heterocycles. The van der Waals surface area contributed by atoms with Crippen LogP contribution in [0.5, 0.6) is 0 Å². The second kappa shape index (κ2) is 9.14. The van der Waals surface area contributed by atoms with E-state index in [0.29, 0.717) is 17.8 Å². The van der Waals surface area contributed by atoms with Gasteiger partial charge in [0.1, 0.15) is 5.82 Å². The summed E-state index contributed by atoms with van der Waals surface area (Å²) in [5, 5.41) is 9.39. The van der Waals surface area contributed by atoms with Crippen LogP contribution in [0.1, 0.15) is 28.7 Å². The highest BCUT2D eigenvalue weighted by atomic mass is 16.2. The number of carbonyl (C=O) groups is 2. The van der Waals surface area contributed by atoms with Crippen molar-refractivity contribution >= 4 is 34.0 Å². The number of anilines is 1. The molecule has 0 aliphatic heterocycles. The molecule has 0 fully saturated rings. The van der Waals surface area contributed by atoms with Gasteiger partial charge in [-0.15, -0.1) is 0 Å². The molecule has 3 rings (SSSR count). The number of hydrazine groups is 1. The van der Waals surface area contributed by atoms with Crippen molar-refractivity contribution in [2.24, 2.45) is 5.41 Å². The van der Waals surface area contributed by atoms with Gasteiger partial charge in [0.15, 0.2) is 0 Å². The molecular formula is C24H33N5O2. The molecule has 1 aromatic carbocycles. The van der Waals surface area contributed by atoms with Crippen LogP contribution < -0.4 is 16.1 Å². The van der Waals surface area contributed by atoms with Crippen molar-refractivity contribution < 1.29 is 12.4 Å². The van der Waals surface area contributed by atoms with Gasteiger partial charge in [0, 0.05) is 47.4 Å². The van der Waals surface area contributed by atoms with E-state index in [4.69, 9.17) is 0 Å². The van der Waals surface area contributed by atoms with Crippen molar-refractivity contribution in [3.8, 4) is 0 Å². The smallest absolute Gasteiger partial charge is 0.256 e. The Morgan fingerprint density at radius 1 is 1.23 bits per heavy atom. The Morgan fingerprint density at radius 2 is 2.00 bits per heavy atom. The van der Waals surface area contributed by atoms with E-state index in [1.165, 1.54) is 0 Å². The summed E-state index contributed by atoms with van der Waals surface area (Å²) in [5.74, 6) is 0.166. The van der Waals surface area contributed by atoms with Crippen LogP contribution in [0.4, 0.5) is 5.82 Å². The first kappa shape index (κ1) is 22.2. The highest BCUT2D eigenvalue weighted by Crippen LogP contribution is 2.30. The normalized spacial score (nSPS) is 18.5. The lowest BCUT2D eigenvalue weighted by Crippen LogP contribution is -2.36. The van der Waals surface area contributed by atoms with Crippen LogP contribution in [0.15, 0.2) is 60.5 Å². The maximum absolute atomic E-state index is 12.7. The SMILES string of the molecule is CNC(=O)C1(C)C=CC(C(=O)Nc2cc3cc(/C(C)=C/N(C)NC)ccc3cn2)=CC1.[HH].[HH]. The van der Waals surface area contributed by atoms with E-state index >= 15 is 0 Å². The summed E-state index contributed by atoms with van der Waals surface area (Å²) < 4.78 is 0. The minimum atomic E-state index is -0.636. The molecule has 2 aromatic rings. The summed E-state index contributed by atoms with van der Waals surface area (Å²) in [7, 11) is 5.41. The van der Waals surface area contributed by atoms with E-state index in [1.54, 1.807) is 31.5 Å². The molecule has 1 unspecified atom stereocenters. The molecular weight excluding hydrogens is 390 g/mol. The minimum absolute atomic E-state index is 0. The Balaban J connectivity index is 0.00000272. The van der Waals surface area contributed by atoms with Gasteiger partial charge in [0.25, 0.3) is 5.91 Å². The predicted octanol–water partition coefficient (Wildman–Crippen LogP) is 3.73. The van der Waals surface area contributed by atoms with Crippen molar-refractivity contribution in [3.05, 3.63) is 66.0 Å². The van der Waals surface area contributed by atoms with Gasteiger partial charge in [0.2, 0.25) is 5.91 Å². The van der Waals surface area contributed by atoms with Gasteiger partial charge in [-0.3, -0.25) is 9.59 Å². The quantitative estimate of drug-likeness (QED) is 0.617. The first-order valence-electron chi connectivity index (χ1n) is 10.2. The number of fused-ring (bicyclic) bond motifs is 1. The third-order valence-corrected chi connectivity index (χ3v) is 5.54. The summed E-state index contributed by atoms with van der Waals surface area (Å²) in [6, 6.07) is 8.02. The second-order valence-electron chi connectivity index (χ2n) is 7.93. The number of benzene rings is 1. The van der Waals surface area contributed by atoms with Crippen molar-refractivity contribution in [2.45, 2.75) is 20.3 Å². The molecule has 1 heterocycles.